The molecule has 0 bridgehead atoms. The minimum Gasteiger partial charge on any atom is -0.464 e. The number of hydrogen-bond acceptors (Lipinski definition) is 3. The molecule has 146 valence electrons. The van der Waals surface area contributed by atoms with E-state index in [2.05, 4.69) is 26.0 Å². The minimum absolute atomic E-state index is 0.0179. The molecule has 3 atom stereocenters. The highest BCUT2D eigenvalue weighted by atomic mass is 16.5. The number of benzene rings is 2. The second-order valence-corrected chi connectivity index (χ2v) is 8.22. The summed E-state index contributed by atoms with van der Waals surface area (Å²) in [6.45, 7) is 8.31. The van der Waals surface area contributed by atoms with Crippen molar-refractivity contribution in [1.29, 1.82) is 0 Å². The van der Waals surface area contributed by atoms with Crippen molar-refractivity contribution in [2.75, 3.05) is 6.61 Å². The van der Waals surface area contributed by atoms with E-state index in [0.717, 1.165) is 11.1 Å². The summed E-state index contributed by atoms with van der Waals surface area (Å²) in [6, 6.07) is 15.8. The van der Waals surface area contributed by atoms with E-state index in [1.54, 1.807) is 0 Å². The topological polar surface area (TPSA) is 46.6 Å². The number of amides is 1. The lowest BCUT2D eigenvalue weighted by molar-refractivity contribution is -0.175. The third-order valence-corrected chi connectivity index (χ3v) is 6.34. The molecule has 4 heteroatoms. The molecule has 3 unspecified atom stereocenters. The van der Waals surface area contributed by atoms with Gasteiger partial charge in [-0.1, -0.05) is 56.3 Å². The van der Waals surface area contributed by atoms with Crippen LogP contribution >= 0.6 is 0 Å². The van der Waals surface area contributed by atoms with Gasteiger partial charge in [0.05, 0.1) is 6.61 Å². The highest BCUT2D eigenvalue weighted by Crippen LogP contribution is 2.59. The van der Waals surface area contributed by atoms with Crippen molar-refractivity contribution in [1.82, 2.24) is 4.90 Å². The molecule has 2 aromatic carbocycles. The van der Waals surface area contributed by atoms with Gasteiger partial charge in [-0.25, -0.2) is 4.79 Å². The molecule has 1 heterocycles. The van der Waals surface area contributed by atoms with Crippen LogP contribution in [-0.4, -0.2) is 35.0 Å². The van der Waals surface area contributed by atoms with Crippen molar-refractivity contribution in [2.24, 2.45) is 5.92 Å². The first-order valence-electron chi connectivity index (χ1n) is 10.1. The summed E-state index contributed by atoms with van der Waals surface area (Å²) in [7, 11) is 0. The van der Waals surface area contributed by atoms with Gasteiger partial charge in [0, 0.05) is 23.9 Å². The van der Waals surface area contributed by atoms with Crippen LogP contribution in [0.4, 0.5) is 0 Å². The molecule has 4 nitrogen and oxygen atoms in total. The van der Waals surface area contributed by atoms with Crippen molar-refractivity contribution >= 4 is 11.9 Å². The van der Waals surface area contributed by atoms with Gasteiger partial charge >= 0.3 is 5.97 Å². The monoisotopic (exact) mass is 377 g/mol. The van der Waals surface area contributed by atoms with Crippen LogP contribution in [-0.2, 0) is 16.0 Å². The lowest BCUT2D eigenvalue weighted by Crippen LogP contribution is -2.77. The first-order valence-corrected chi connectivity index (χ1v) is 10.1. The summed E-state index contributed by atoms with van der Waals surface area (Å²) in [5, 5.41) is 0. The van der Waals surface area contributed by atoms with E-state index < -0.39 is 5.54 Å². The number of carbonyl (C=O) groups is 2. The molecule has 1 fully saturated rings. The summed E-state index contributed by atoms with van der Waals surface area (Å²) in [6.07, 6.45) is 0.521. The molecule has 0 saturated carbocycles. The van der Waals surface area contributed by atoms with Gasteiger partial charge < -0.3 is 9.64 Å². The van der Waals surface area contributed by atoms with Gasteiger partial charge in [0.2, 0.25) is 0 Å². The summed E-state index contributed by atoms with van der Waals surface area (Å²) >= 11 is 0. The largest absolute Gasteiger partial charge is 0.464 e. The number of likely N-dealkylation sites (tertiary alicyclic amines) is 1. The molecule has 1 aliphatic heterocycles. The van der Waals surface area contributed by atoms with Crippen molar-refractivity contribution in [3.8, 4) is 0 Å². The Balaban J connectivity index is 1.86. The van der Waals surface area contributed by atoms with E-state index >= 15 is 0 Å². The molecular formula is C24H27NO3. The lowest BCUT2D eigenvalue weighted by atomic mass is 9.64. The SMILES string of the molecule is CCOC(=O)C12Cc3ccccc3C1C(C(C)C)N2C(=O)c1ccccc1C. The Bertz CT molecular complexity index is 935. The number of rotatable bonds is 4. The summed E-state index contributed by atoms with van der Waals surface area (Å²) < 4.78 is 5.52. The molecule has 2 aromatic rings. The maximum Gasteiger partial charge on any atom is 0.333 e. The zero-order valence-corrected chi connectivity index (χ0v) is 16.9. The van der Waals surface area contributed by atoms with Gasteiger partial charge in [0.15, 0.2) is 5.54 Å². The predicted molar refractivity (Wildman–Crippen MR) is 108 cm³/mol. The first kappa shape index (κ1) is 18.7. The fraction of sp³-hybridized carbons (Fsp3) is 0.417. The molecule has 1 saturated heterocycles. The zero-order chi connectivity index (χ0) is 20.1. The predicted octanol–water partition coefficient (Wildman–Crippen LogP) is 4.12. The van der Waals surface area contributed by atoms with E-state index in [1.807, 2.05) is 55.1 Å². The van der Waals surface area contributed by atoms with E-state index in [9.17, 15) is 9.59 Å². The average Bonchev–Trinajstić information content (AvgIpc) is 2.93. The molecule has 1 aliphatic carbocycles. The van der Waals surface area contributed by atoms with Gasteiger partial charge in [-0.15, -0.1) is 0 Å². The third kappa shape index (κ3) is 2.43. The zero-order valence-electron chi connectivity index (χ0n) is 16.9. The molecule has 0 spiro atoms. The summed E-state index contributed by atoms with van der Waals surface area (Å²) in [4.78, 5) is 28.8. The standard InChI is InChI=1S/C24H27NO3/c1-5-28-23(27)24-14-17-11-7-9-13-19(17)20(24)21(15(2)3)25(24)22(26)18-12-8-6-10-16(18)4/h6-13,15,20-21H,5,14H2,1-4H3. The van der Waals surface area contributed by atoms with Crippen LogP contribution in [0.1, 0.15) is 53.7 Å². The quantitative estimate of drug-likeness (QED) is 0.753. The first-order chi connectivity index (χ1) is 13.4. The van der Waals surface area contributed by atoms with Crippen LogP contribution in [0.3, 0.4) is 0 Å². The van der Waals surface area contributed by atoms with Crippen LogP contribution in [0.25, 0.3) is 0 Å². The number of nitrogens with zero attached hydrogens (tertiary/aromatic N) is 1. The maximum absolute atomic E-state index is 13.7. The Hall–Kier alpha value is -2.62. The van der Waals surface area contributed by atoms with Crippen molar-refractivity contribution < 1.29 is 14.3 Å². The van der Waals surface area contributed by atoms with Gasteiger partial charge in [-0.05, 0) is 42.5 Å². The number of carbonyl (C=O) groups excluding carboxylic acids is 2. The Labute approximate surface area is 166 Å². The number of ether oxygens (including phenoxy) is 1. The normalized spacial score (nSPS) is 25.1. The Kier molecular flexibility index (Phi) is 4.53. The van der Waals surface area contributed by atoms with Gasteiger partial charge in [-0.3, -0.25) is 4.79 Å². The van der Waals surface area contributed by atoms with Gasteiger partial charge in [0.25, 0.3) is 5.91 Å². The summed E-state index contributed by atoms with van der Waals surface area (Å²) in [5.74, 6) is -0.147. The van der Waals surface area contributed by atoms with Gasteiger partial charge in [-0.2, -0.15) is 0 Å². The second-order valence-electron chi connectivity index (χ2n) is 8.22. The van der Waals surface area contributed by atoms with E-state index in [1.165, 1.54) is 5.56 Å². The minimum atomic E-state index is -0.937. The Morgan fingerprint density at radius 3 is 2.50 bits per heavy atom. The molecule has 0 aromatic heterocycles. The van der Waals surface area contributed by atoms with Crippen molar-refractivity contribution in [3.63, 3.8) is 0 Å². The maximum atomic E-state index is 13.7. The van der Waals surface area contributed by atoms with Crippen LogP contribution in [0.15, 0.2) is 48.5 Å². The molecular weight excluding hydrogens is 350 g/mol. The Morgan fingerprint density at radius 2 is 1.82 bits per heavy atom. The second kappa shape index (κ2) is 6.77. The molecule has 0 N–H and O–H groups in total. The average molecular weight is 377 g/mol. The van der Waals surface area contributed by atoms with E-state index in [-0.39, 0.29) is 29.8 Å². The van der Waals surface area contributed by atoms with Crippen LogP contribution < -0.4 is 0 Å². The van der Waals surface area contributed by atoms with Crippen LogP contribution in [0.5, 0.6) is 0 Å². The molecule has 28 heavy (non-hydrogen) atoms. The number of fused-ring (bicyclic) bond motifs is 3. The molecule has 0 radical (unpaired) electrons. The van der Waals surface area contributed by atoms with Crippen molar-refractivity contribution in [2.45, 2.75) is 51.6 Å². The molecule has 4 rings (SSSR count). The Morgan fingerprint density at radius 1 is 1.14 bits per heavy atom. The highest BCUT2D eigenvalue weighted by molar-refractivity contribution is 6.02. The van der Waals surface area contributed by atoms with E-state index in [0.29, 0.717) is 18.6 Å². The molecule has 2 aliphatic rings. The fourth-order valence-electron chi connectivity index (χ4n) is 5.19. The fourth-order valence-corrected chi connectivity index (χ4v) is 5.19. The van der Waals surface area contributed by atoms with Crippen molar-refractivity contribution in [3.05, 3.63) is 70.8 Å². The number of hydrogen-bond donors (Lipinski definition) is 0. The highest BCUT2D eigenvalue weighted by Gasteiger charge is 2.71. The number of esters is 1. The van der Waals surface area contributed by atoms with E-state index in [4.69, 9.17) is 4.74 Å². The number of aryl methyl sites for hydroxylation is 1. The van der Waals surface area contributed by atoms with Crippen LogP contribution in [0, 0.1) is 12.8 Å². The van der Waals surface area contributed by atoms with Crippen LogP contribution in [0.2, 0.25) is 0 Å². The smallest absolute Gasteiger partial charge is 0.333 e. The summed E-state index contributed by atoms with van der Waals surface area (Å²) in [5.41, 5.74) is 2.97. The third-order valence-electron chi connectivity index (χ3n) is 6.34. The van der Waals surface area contributed by atoms with Gasteiger partial charge in [0.1, 0.15) is 0 Å². The lowest BCUT2D eigenvalue weighted by Gasteiger charge is -2.61. The molecule has 1 amide bonds.